The molecule has 0 aliphatic heterocycles. The van der Waals surface area contributed by atoms with E-state index in [1.807, 2.05) is 18.2 Å². The summed E-state index contributed by atoms with van der Waals surface area (Å²) >= 11 is 8.76. The topological polar surface area (TPSA) is 21.3 Å². The molecule has 2 aromatic rings. The summed E-state index contributed by atoms with van der Waals surface area (Å²) in [5, 5.41) is 5.49. The number of hydrogen-bond donors (Lipinski definition) is 1. The van der Waals surface area contributed by atoms with Crippen LogP contribution in [0.1, 0.15) is 30.3 Å². The molecule has 1 aromatic carbocycles. The molecule has 1 heterocycles. The monoisotopic (exact) mass is 417 g/mol. The second-order valence-electron chi connectivity index (χ2n) is 4.44. The van der Waals surface area contributed by atoms with Crippen LogP contribution in [0.4, 0.5) is 0 Å². The third-order valence-corrected chi connectivity index (χ3v) is 5.39. The molecule has 0 aliphatic rings. The van der Waals surface area contributed by atoms with Crippen molar-refractivity contribution in [3.8, 4) is 5.75 Å². The zero-order valence-corrected chi connectivity index (χ0v) is 15.4. The predicted octanol–water partition coefficient (Wildman–Crippen LogP) is 5.52. The number of benzene rings is 1. The van der Waals surface area contributed by atoms with Crippen molar-refractivity contribution in [3.63, 3.8) is 0 Å². The molecule has 5 heteroatoms. The highest BCUT2D eigenvalue weighted by Crippen LogP contribution is 2.31. The van der Waals surface area contributed by atoms with Crippen molar-refractivity contribution in [1.82, 2.24) is 5.32 Å². The minimum absolute atomic E-state index is 0.263. The van der Waals surface area contributed by atoms with Crippen LogP contribution in [-0.4, -0.2) is 6.54 Å². The van der Waals surface area contributed by atoms with Gasteiger partial charge in [-0.05, 0) is 59.0 Å². The molecular formula is C15H17Br2NOS. The number of halogens is 2. The van der Waals surface area contributed by atoms with Gasteiger partial charge in [-0.2, -0.15) is 0 Å². The Morgan fingerprint density at radius 1 is 1.30 bits per heavy atom. The van der Waals surface area contributed by atoms with Gasteiger partial charge in [0.25, 0.3) is 0 Å². The predicted molar refractivity (Wildman–Crippen MR) is 92.6 cm³/mol. The molecule has 1 aromatic heterocycles. The van der Waals surface area contributed by atoms with Gasteiger partial charge >= 0.3 is 0 Å². The van der Waals surface area contributed by atoms with Crippen LogP contribution in [0.25, 0.3) is 0 Å². The first-order chi connectivity index (χ1) is 9.61. The van der Waals surface area contributed by atoms with E-state index in [4.69, 9.17) is 4.74 Å². The summed E-state index contributed by atoms with van der Waals surface area (Å²) in [6.45, 7) is 5.78. The van der Waals surface area contributed by atoms with Crippen molar-refractivity contribution < 1.29 is 4.74 Å². The third-order valence-electron chi connectivity index (χ3n) is 3.00. The summed E-state index contributed by atoms with van der Waals surface area (Å²) in [6, 6.07) is 8.47. The maximum atomic E-state index is 6.00. The Balaban J connectivity index is 2.16. The first-order valence-corrected chi connectivity index (χ1v) is 8.96. The highest BCUT2D eigenvalue weighted by molar-refractivity contribution is 9.10. The zero-order valence-electron chi connectivity index (χ0n) is 11.5. The van der Waals surface area contributed by atoms with Gasteiger partial charge in [0.15, 0.2) is 0 Å². The maximum Gasteiger partial charge on any atom is 0.124 e. The Morgan fingerprint density at radius 3 is 2.75 bits per heavy atom. The average molecular weight is 419 g/mol. The second-order valence-corrected chi connectivity index (χ2v) is 7.21. The van der Waals surface area contributed by atoms with Crippen molar-refractivity contribution in [2.45, 2.75) is 26.5 Å². The molecule has 20 heavy (non-hydrogen) atoms. The van der Waals surface area contributed by atoms with Gasteiger partial charge in [0.2, 0.25) is 0 Å². The van der Waals surface area contributed by atoms with Gasteiger partial charge in [0.1, 0.15) is 12.4 Å². The first-order valence-electron chi connectivity index (χ1n) is 6.49. The van der Waals surface area contributed by atoms with Gasteiger partial charge in [0.05, 0.1) is 4.88 Å². The normalized spacial score (nSPS) is 12.4. The molecule has 0 bridgehead atoms. The lowest BCUT2D eigenvalue weighted by molar-refractivity contribution is 0.302. The zero-order chi connectivity index (χ0) is 14.5. The molecule has 1 unspecified atom stereocenters. The molecule has 0 amide bonds. The fourth-order valence-electron chi connectivity index (χ4n) is 1.98. The summed E-state index contributed by atoms with van der Waals surface area (Å²) in [5.74, 6) is 0.932. The first kappa shape index (κ1) is 16.0. The smallest absolute Gasteiger partial charge is 0.124 e. The highest BCUT2D eigenvalue weighted by Gasteiger charge is 2.12. The molecule has 1 atom stereocenters. The van der Waals surface area contributed by atoms with Gasteiger partial charge in [-0.15, -0.1) is 11.3 Å². The van der Waals surface area contributed by atoms with E-state index in [0.717, 1.165) is 21.2 Å². The van der Waals surface area contributed by atoms with Gasteiger partial charge < -0.3 is 10.1 Å². The van der Waals surface area contributed by atoms with Crippen LogP contribution in [-0.2, 0) is 6.61 Å². The van der Waals surface area contributed by atoms with Crippen molar-refractivity contribution in [3.05, 3.63) is 49.0 Å². The fourth-order valence-corrected chi connectivity index (χ4v) is 3.73. The van der Waals surface area contributed by atoms with Gasteiger partial charge in [0, 0.05) is 20.6 Å². The minimum atomic E-state index is 0.263. The molecular weight excluding hydrogens is 402 g/mol. The molecule has 0 fully saturated rings. The van der Waals surface area contributed by atoms with Crippen molar-refractivity contribution in [1.29, 1.82) is 0 Å². The number of ether oxygens (including phenoxy) is 1. The van der Waals surface area contributed by atoms with Crippen LogP contribution in [0.2, 0.25) is 0 Å². The molecule has 0 saturated heterocycles. The largest absolute Gasteiger partial charge is 0.488 e. The highest BCUT2D eigenvalue weighted by atomic mass is 79.9. The third kappa shape index (κ3) is 4.07. The van der Waals surface area contributed by atoms with Crippen molar-refractivity contribution in [2.24, 2.45) is 0 Å². The minimum Gasteiger partial charge on any atom is -0.488 e. The number of rotatable bonds is 6. The summed E-state index contributed by atoms with van der Waals surface area (Å²) < 4.78 is 8.19. The van der Waals surface area contributed by atoms with E-state index >= 15 is 0 Å². The van der Waals surface area contributed by atoms with E-state index in [1.54, 1.807) is 11.3 Å². The number of hydrogen-bond acceptors (Lipinski definition) is 3. The quantitative estimate of drug-likeness (QED) is 0.666. The van der Waals surface area contributed by atoms with Crippen LogP contribution in [0.15, 0.2) is 38.6 Å². The Hall–Kier alpha value is -0.360. The molecule has 0 saturated carbocycles. The van der Waals surface area contributed by atoms with Crippen LogP contribution in [0.3, 0.4) is 0 Å². The van der Waals surface area contributed by atoms with Crippen LogP contribution < -0.4 is 10.1 Å². The van der Waals surface area contributed by atoms with E-state index in [-0.39, 0.29) is 6.04 Å². The summed E-state index contributed by atoms with van der Waals surface area (Å²) in [6.07, 6.45) is 0. The van der Waals surface area contributed by atoms with Crippen LogP contribution in [0, 0.1) is 0 Å². The Labute approximate surface area is 140 Å². The lowest BCUT2D eigenvalue weighted by Gasteiger charge is -2.18. The van der Waals surface area contributed by atoms with E-state index in [9.17, 15) is 0 Å². The summed E-state index contributed by atoms with van der Waals surface area (Å²) in [5.41, 5.74) is 1.17. The van der Waals surface area contributed by atoms with Gasteiger partial charge in [-0.1, -0.05) is 22.9 Å². The van der Waals surface area contributed by atoms with Gasteiger partial charge in [-0.25, -0.2) is 0 Å². The molecule has 108 valence electrons. The van der Waals surface area contributed by atoms with Gasteiger partial charge in [-0.3, -0.25) is 0 Å². The standard InChI is InChI=1S/C15H17Br2NOS/c1-3-18-10(2)12-8-11(16)4-5-14(12)19-9-15-13(17)6-7-20-15/h4-8,10,18H,3,9H2,1-2H3. The lowest BCUT2D eigenvalue weighted by Crippen LogP contribution is -2.18. The molecule has 0 radical (unpaired) electrons. The van der Waals surface area contributed by atoms with Crippen LogP contribution in [0.5, 0.6) is 5.75 Å². The van der Waals surface area contributed by atoms with E-state index in [2.05, 4.69) is 62.5 Å². The van der Waals surface area contributed by atoms with E-state index in [0.29, 0.717) is 6.61 Å². The van der Waals surface area contributed by atoms with Crippen molar-refractivity contribution in [2.75, 3.05) is 6.54 Å². The van der Waals surface area contributed by atoms with Crippen LogP contribution >= 0.6 is 43.2 Å². The molecule has 2 rings (SSSR count). The Kier molecular flexibility index (Phi) is 6.08. The SMILES string of the molecule is CCNC(C)c1cc(Br)ccc1OCc1sccc1Br. The fraction of sp³-hybridized carbons (Fsp3) is 0.333. The summed E-state index contributed by atoms with van der Waals surface area (Å²) in [4.78, 5) is 1.20. The summed E-state index contributed by atoms with van der Waals surface area (Å²) in [7, 11) is 0. The number of thiophene rings is 1. The average Bonchev–Trinajstić information content (AvgIpc) is 2.83. The second kappa shape index (κ2) is 7.59. The number of nitrogens with one attached hydrogen (secondary N) is 1. The lowest BCUT2D eigenvalue weighted by atomic mass is 10.1. The van der Waals surface area contributed by atoms with E-state index < -0.39 is 0 Å². The molecule has 0 spiro atoms. The molecule has 2 nitrogen and oxygen atoms in total. The molecule has 0 aliphatic carbocycles. The van der Waals surface area contributed by atoms with E-state index in [1.165, 1.54) is 10.4 Å². The molecule has 1 N–H and O–H groups in total. The maximum absolute atomic E-state index is 6.00. The van der Waals surface area contributed by atoms with Crippen molar-refractivity contribution >= 4 is 43.2 Å². The Morgan fingerprint density at radius 2 is 2.10 bits per heavy atom. The Bertz CT molecular complexity index is 571.